The normalized spacial score (nSPS) is 20.4. The Morgan fingerprint density at radius 3 is 2.28 bits per heavy atom. The third-order valence-electron chi connectivity index (χ3n) is 5.14. The Hall–Kier alpha value is -2.13. The number of hydrogen-bond donors (Lipinski definition) is 1. The van der Waals surface area contributed by atoms with E-state index in [1.54, 1.807) is 18.2 Å². The van der Waals surface area contributed by atoms with Crippen LogP contribution in [0.2, 0.25) is 0 Å². The molecule has 9 heteroatoms. The first-order valence-electron chi connectivity index (χ1n) is 9.34. The number of nitrogens with zero attached hydrogens (tertiary/aromatic N) is 1. The number of alkyl halides is 3. The number of hydrogen-bond acceptors (Lipinski definition) is 4. The summed E-state index contributed by atoms with van der Waals surface area (Å²) in [6.07, 6.45) is -1.56. The van der Waals surface area contributed by atoms with E-state index in [0.29, 0.717) is 25.7 Å². The van der Waals surface area contributed by atoms with Crippen molar-refractivity contribution in [3.63, 3.8) is 0 Å². The lowest BCUT2D eigenvalue weighted by Crippen LogP contribution is -2.39. The number of aromatic nitrogens is 1. The van der Waals surface area contributed by atoms with Gasteiger partial charge in [-0.2, -0.15) is 13.2 Å². The van der Waals surface area contributed by atoms with Gasteiger partial charge in [-0.1, -0.05) is 6.07 Å². The van der Waals surface area contributed by atoms with Crippen molar-refractivity contribution in [1.29, 1.82) is 0 Å². The molecule has 1 N–H and O–H groups in total. The van der Waals surface area contributed by atoms with Gasteiger partial charge in [0.25, 0.3) is 0 Å². The predicted octanol–water partition coefficient (Wildman–Crippen LogP) is 4.39. The second-order valence-electron chi connectivity index (χ2n) is 7.34. The Balaban J connectivity index is 1.54. The summed E-state index contributed by atoms with van der Waals surface area (Å²) in [5, 5.41) is 0. The summed E-state index contributed by atoms with van der Waals surface area (Å²) in [4.78, 5) is 3.96. The van der Waals surface area contributed by atoms with Crippen LogP contribution in [0.4, 0.5) is 13.2 Å². The lowest BCUT2D eigenvalue weighted by atomic mass is 9.94. The molecule has 0 bridgehead atoms. The second kappa shape index (κ2) is 8.31. The first kappa shape index (κ1) is 21.6. The van der Waals surface area contributed by atoms with Crippen molar-refractivity contribution < 1.29 is 26.3 Å². The fraction of sp³-hybridized carbons (Fsp3) is 0.450. The molecule has 1 aromatic heterocycles. The molecule has 0 amide bonds. The molecule has 0 unspecified atom stereocenters. The molecule has 1 aliphatic rings. The van der Waals surface area contributed by atoms with Gasteiger partial charge in [-0.25, -0.2) is 18.1 Å². The third kappa shape index (κ3) is 5.48. The highest BCUT2D eigenvalue weighted by Crippen LogP contribution is 2.30. The molecule has 1 saturated carbocycles. The van der Waals surface area contributed by atoms with Crippen molar-refractivity contribution in [1.82, 2.24) is 9.71 Å². The quantitative estimate of drug-likeness (QED) is 0.767. The lowest BCUT2D eigenvalue weighted by molar-refractivity contribution is -0.137. The Morgan fingerprint density at radius 2 is 1.72 bits per heavy atom. The van der Waals surface area contributed by atoms with Crippen LogP contribution in [0.1, 0.15) is 42.4 Å². The second-order valence-corrected chi connectivity index (χ2v) is 9.06. The van der Waals surface area contributed by atoms with E-state index in [2.05, 4.69) is 9.71 Å². The van der Waals surface area contributed by atoms with Crippen molar-refractivity contribution in [3.05, 3.63) is 53.2 Å². The molecule has 0 spiro atoms. The number of rotatable bonds is 5. The van der Waals surface area contributed by atoms with Gasteiger partial charge in [0, 0.05) is 18.3 Å². The molecule has 158 valence electrons. The topological polar surface area (TPSA) is 68.3 Å². The van der Waals surface area contributed by atoms with Crippen LogP contribution in [-0.2, 0) is 16.2 Å². The highest BCUT2D eigenvalue weighted by molar-refractivity contribution is 7.89. The molecular formula is C20H23F3N2O3S. The Kier molecular flexibility index (Phi) is 6.19. The number of aryl methyl sites for hydroxylation is 2. The molecule has 29 heavy (non-hydrogen) atoms. The molecule has 1 aromatic carbocycles. The highest BCUT2D eigenvalue weighted by Gasteiger charge is 2.31. The van der Waals surface area contributed by atoms with Gasteiger partial charge in [-0.15, -0.1) is 0 Å². The van der Waals surface area contributed by atoms with Gasteiger partial charge in [-0.05, 0) is 68.9 Å². The van der Waals surface area contributed by atoms with Crippen LogP contribution in [-0.4, -0.2) is 25.5 Å². The van der Waals surface area contributed by atoms with E-state index in [1.807, 2.05) is 13.8 Å². The summed E-state index contributed by atoms with van der Waals surface area (Å²) >= 11 is 0. The monoisotopic (exact) mass is 428 g/mol. The van der Waals surface area contributed by atoms with E-state index in [9.17, 15) is 21.6 Å². The zero-order chi connectivity index (χ0) is 21.2. The molecule has 1 heterocycles. The average molecular weight is 428 g/mol. The third-order valence-corrected chi connectivity index (χ3v) is 6.65. The van der Waals surface area contributed by atoms with E-state index in [4.69, 9.17) is 4.74 Å². The number of ether oxygens (including phenoxy) is 1. The van der Waals surface area contributed by atoms with Crippen molar-refractivity contribution in [2.75, 3.05) is 0 Å². The van der Waals surface area contributed by atoms with Crippen LogP contribution in [0.15, 0.2) is 41.4 Å². The van der Waals surface area contributed by atoms with Gasteiger partial charge in [0.15, 0.2) is 0 Å². The summed E-state index contributed by atoms with van der Waals surface area (Å²) in [6, 6.07) is 6.97. The minimum absolute atomic E-state index is 0.136. The standard InChI is InChI=1S/C20H23F3N2O3S/c1-13-3-9-18(11-14(13)2)29(26,27)25-16-5-7-17(8-6-16)28-19-10-4-15(12-24-19)20(21,22)23/h3-4,9-12,16-17,25H,5-8H2,1-2H3. The predicted molar refractivity (Wildman–Crippen MR) is 102 cm³/mol. The Morgan fingerprint density at radius 1 is 1.03 bits per heavy atom. The number of sulfonamides is 1. The molecule has 0 aliphatic heterocycles. The molecule has 1 aliphatic carbocycles. The summed E-state index contributed by atoms with van der Waals surface area (Å²) in [7, 11) is -3.60. The minimum atomic E-state index is -4.43. The first-order valence-corrected chi connectivity index (χ1v) is 10.8. The van der Waals surface area contributed by atoms with Crippen LogP contribution < -0.4 is 9.46 Å². The van der Waals surface area contributed by atoms with Crippen molar-refractivity contribution in [2.24, 2.45) is 0 Å². The molecule has 0 atom stereocenters. The maximum absolute atomic E-state index is 12.6. The van der Waals surface area contributed by atoms with Gasteiger partial charge >= 0.3 is 6.18 Å². The van der Waals surface area contributed by atoms with E-state index < -0.39 is 21.8 Å². The minimum Gasteiger partial charge on any atom is -0.474 e. The molecule has 2 aromatic rings. The summed E-state index contributed by atoms with van der Waals surface area (Å²) in [6.45, 7) is 3.79. The zero-order valence-electron chi connectivity index (χ0n) is 16.2. The number of pyridine rings is 1. The van der Waals surface area contributed by atoms with E-state index in [0.717, 1.165) is 23.4 Å². The van der Waals surface area contributed by atoms with E-state index >= 15 is 0 Å². The SMILES string of the molecule is Cc1ccc(S(=O)(=O)NC2CCC(Oc3ccc(C(F)(F)F)cn3)CC2)cc1C. The van der Waals surface area contributed by atoms with Gasteiger partial charge < -0.3 is 4.74 Å². The number of halogens is 3. The molecule has 3 rings (SSSR count). The van der Waals surface area contributed by atoms with Crippen LogP contribution in [0.5, 0.6) is 5.88 Å². The molecule has 0 saturated heterocycles. The summed E-state index contributed by atoms with van der Waals surface area (Å²) in [5.74, 6) is 0.136. The number of benzene rings is 1. The average Bonchev–Trinajstić information content (AvgIpc) is 2.65. The number of nitrogens with one attached hydrogen (secondary N) is 1. The highest BCUT2D eigenvalue weighted by atomic mass is 32.2. The van der Waals surface area contributed by atoms with Crippen LogP contribution in [0.3, 0.4) is 0 Å². The molecule has 0 radical (unpaired) electrons. The van der Waals surface area contributed by atoms with Gasteiger partial charge in [-0.3, -0.25) is 0 Å². The summed E-state index contributed by atoms with van der Waals surface area (Å²) in [5.41, 5.74) is 1.11. The Bertz CT molecular complexity index is 952. The largest absolute Gasteiger partial charge is 0.474 e. The maximum atomic E-state index is 12.6. The summed E-state index contributed by atoms with van der Waals surface area (Å²) < 4.78 is 71.4. The van der Waals surface area contributed by atoms with Crippen LogP contribution in [0, 0.1) is 13.8 Å². The first-order chi connectivity index (χ1) is 13.5. The van der Waals surface area contributed by atoms with Crippen molar-refractivity contribution in [3.8, 4) is 5.88 Å². The lowest BCUT2D eigenvalue weighted by Gasteiger charge is -2.29. The Labute approximate surface area is 168 Å². The maximum Gasteiger partial charge on any atom is 0.417 e. The molecular weight excluding hydrogens is 405 g/mol. The molecule has 1 fully saturated rings. The van der Waals surface area contributed by atoms with Crippen molar-refractivity contribution in [2.45, 2.75) is 62.7 Å². The van der Waals surface area contributed by atoms with Crippen LogP contribution in [0.25, 0.3) is 0 Å². The fourth-order valence-corrected chi connectivity index (χ4v) is 4.65. The fourth-order valence-electron chi connectivity index (χ4n) is 3.26. The van der Waals surface area contributed by atoms with E-state index in [1.165, 1.54) is 6.07 Å². The van der Waals surface area contributed by atoms with Crippen LogP contribution >= 0.6 is 0 Å². The van der Waals surface area contributed by atoms with Gasteiger partial charge in [0.2, 0.25) is 15.9 Å². The zero-order valence-corrected chi connectivity index (χ0v) is 17.0. The molecule has 5 nitrogen and oxygen atoms in total. The van der Waals surface area contributed by atoms with Gasteiger partial charge in [0.05, 0.1) is 10.5 Å². The van der Waals surface area contributed by atoms with Gasteiger partial charge in [0.1, 0.15) is 6.10 Å². The smallest absolute Gasteiger partial charge is 0.417 e. The van der Waals surface area contributed by atoms with E-state index in [-0.39, 0.29) is 22.9 Å². The van der Waals surface area contributed by atoms with Crippen molar-refractivity contribution >= 4 is 10.0 Å².